The van der Waals surface area contributed by atoms with E-state index in [1.54, 1.807) is 0 Å². The summed E-state index contributed by atoms with van der Waals surface area (Å²) >= 11 is 0. The number of fused-ring (bicyclic) bond motifs is 1. The molecular weight excluding hydrogens is 308 g/mol. The number of hydrogen-bond acceptors (Lipinski definition) is 1. The lowest BCUT2D eigenvalue weighted by Gasteiger charge is -2.36. The van der Waals surface area contributed by atoms with E-state index in [0.717, 1.165) is 6.04 Å². The molecule has 0 radical (unpaired) electrons. The lowest BCUT2D eigenvalue weighted by molar-refractivity contribution is 0.413. The van der Waals surface area contributed by atoms with Gasteiger partial charge < -0.3 is 9.55 Å². The first-order valence-corrected chi connectivity index (χ1v) is 12.4. The van der Waals surface area contributed by atoms with Crippen LogP contribution in [-0.2, 0) is 0 Å². The van der Waals surface area contributed by atoms with Crippen LogP contribution in [0.1, 0.15) is 48.8 Å². The first kappa shape index (κ1) is 15.9. The maximum Gasteiger partial charge on any atom is 0.131 e. The van der Waals surface area contributed by atoms with E-state index in [4.69, 9.17) is 0 Å². The second-order valence-corrected chi connectivity index (χ2v) is 12.3. The van der Waals surface area contributed by atoms with E-state index in [1.807, 2.05) is 0 Å². The monoisotopic (exact) mass is 336 g/mol. The maximum absolute atomic E-state index is 4.13. The molecule has 0 saturated heterocycles. The molecule has 1 atom stereocenters. The van der Waals surface area contributed by atoms with Gasteiger partial charge in [0.15, 0.2) is 0 Å². The van der Waals surface area contributed by atoms with Crippen LogP contribution in [0.15, 0.2) is 54.9 Å². The van der Waals surface area contributed by atoms with Crippen molar-refractivity contribution in [2.45, 2.75) is 56.8 Å². The normalized spacial score (nSPS) is 21.6. The third-order valence-corrected chi connectivity index (χ3v) is 8.92. The van der Waals surface area contributed by atoms with E-state index in [1.165, 1.54) is 48.9 Å². The van der Waals surface area contributed by atoms with Crippen LogP contribution < -0.4 is 4.98 Å². The lowest BCUT2D eigenvalue weighted by Crippen LogP contribution is -2.54. The molecule has 0 amide bonds. The summed E-state index contributed by atoms with van der Waals surface area (Å²) in [6.07, 6.45) is 13.8. The predicted molar refractivity (Wildman–Crippen MR) is 104 cm³/mol. The first-order valence-electron chi connectivity index (χ1n) is 9.37. The number of benzene rings is 1. The Balaban J connectivity index is 1.66. The van der Waals surface area contributed by atoms with Gasteiger partial charge in [0.1, 0.15) is 8.24 Å². The number of nitrogens with one attached hydrogen (secondary N) is 1. The summed E-state index contributed by atoms with van der Waals surface area (Å²) in [5, 5.41) is 0. The summed E-state index contributed by atoms with van der Waals surface area (Å²) in [5.74, 6) is 0. The Bertz CT molecular complexity index is 724. The van der Waals surface area contributed by atoms with Gasteiger partial charge in [0.25, 0.3) is 0 Å². The molecule has 1 heterocycles. The van der Waals surface area contributed by atoms with Gasteiger partial charge in [-0.15, -0.1) is 0 Å². The Kier molecular flexibility index (Phi) is 4.23. The van der Waals surface area contributed by atoms with Crippen LogP contribution in [0.4, 0.5) is 0 Å². The number of allylic oxidation sites excluding steroid dienone is 1. The fraction of sp³-hybridized carbons (Fsp3) is 0.429. The van der Waals surface area contributed by atoms with Crippen molar-refractivity contribution in [3.63, 3.8) is 0 Å². The first-order chi connectivity index (χ1) is 11.6. The van der Waals surface area contributed by atoms with Crippen molar-refractivity contribution >= 4 is 13.9 Å². The van der Waals surface area contributed by atoms with Gasteiger partial charge in [-0.1, -0.05) is 62.7 Å². The average molecular weight is 337 g/mol. The molecule has 2 aromatic rings. The SMILES string of the molecule is C[Si](C)(NC1CCCCC1)C1C=C(n2cccc2)c2ccccc21. The zero-order valence-electron chi connectivity index (χ0n) is 14.8. The summed E-state index contributed by atoms with van der Waals surface area (Å²) in [6.45, 7) is 5.02. The van der Waals surface area contributed by atoms with E-state index in [0.29, 0.717) is 5.54 Å². The Morgan fingerprint density at radius 3 is 2.42 bits per heavy atom. The molecule has 24 heavy (non-hydrogen) atoms. The van der Waals surface area contributed by atoms with Crippen LogP contribution in [0.5, 0.6) is 0 Å². The topological polar surface area (TPSA) is 17.0 Å². The molecule has 1 N–H and O–H groups in total. The zero-order chi connectivity index (χ0) is 16.6. The van der Waals surface area contributed by atoms with E-state index >= 15 is 0 Å². The lowest BCUT2D eigenvalue weighted by atomic mass is 9.96. The molecule has 4 rings (SSSR count). The summed E-state index contributed by atoms with van der Waals surface area (Å²) in [7, 11) is -1.60. The minimum absolute atomic E-state index is 0.549. The Morgan fingerprint density at radius 1 is 0.958 bits per heavy atom. The summed E-state index contributed by atoms with van der Waals surface area (Å²) < 4.78 is 2.27. The van der Waals surface area contributed by atoms with Crippen molar-refractivity contribution in [2.75, 3.05) is 0 Å². The van der Waals surface area contributed by atoms with Crippen molar-refractivity contribution in [1.29, 1.82) is 0 Å². The highest BCUT2D eigenvalue weighted by atomic mass is 28.3. The fourth-order valence-corrected chi connectivity index (χ4v) is 7.64. The molecule has 2 aliphatic carbocycles. The van der Waals surface area contributed by atoms with Crippen molar-refractivity contribution in [2.24, 2.45) is 0 Å². The molecule has 1 fully saturated rings. The van der Waals surface area contributed by atoms with Crippen molar-refractivity contribution < 1.29 is 0 Å². The van der Waals surface area contributed by atoms with Gasteiger partial charge in [-0.2, -0.15) is 0 Å². The highest BCUT2D eigenvalue weighted by Gasteiger charge is 2.38. The molecule has 1 aromatic carbocycles. The largest absolute Gasteiger partial charge is 0.334 e. The van der Waals surface area contributed by atoms with E-state index < -0.39 is 8.24 Å². The Morgan fingerprint density at radius 2 is 1.67 bits per heavy atom. The van der Waals surface area contributed by atoms with Crippen molar-refractivity contribution in [1.82, 2.24) is 9.55 Å². The predicted octanol–water partition coefficient (Wildman–Crippen LogP) is 5.14. The molecule has 1 unspecified atom stereocenters. The van der Waals surface area contributed by atoms with Crippen LogP contribution in [0.25, 0.3) is 5.70 Å². The van der Waals surface area contributed by atoms with Gasteiger partial charge in [0.2, 0.25) is 0 Å². The van der Waals surface area contributed by atoms with Crippen LogP contribution in [0.2, 0.25) is 13.1 Å². The minimum Gasteiger partial charge on any atom is -0.334 e. The molecule has 2 aliphatic rings. The van der Waals surface area contributed by atoms with Crippen LogP contribution in [-0.4, -0.2) is 18.8 Å². The molecule has 1 saturated carbocycles. The van der Waals surface area contributed by atoms with E-state index in [2.05, 4.69) is 77.5 Å². The number of nitrogens with zero attached hydrogens (tertiary/aromatic N) is 1. The minimum atomic E-state index is -1.60. The highest BCUT2D eigenvalue weighted by molar-refractivity contribution is 6.77. The van der Waals surface area contributed by atoms with Crippen LogP contribution >= 0.6 is 0 Å². The number of hydrogen-bond donors (Lipinski definition) is 1. The third-order valence-electron chi connectivity index (χ3n) is 5.74. The number of aromatic nitrogens is 1. The molecule has 0 bridgehead atoms. The Hall–Kier alpha value is -1.58. The van der Waals surface area contributed by atoms with Crippen molar-refractivity contribution in [3.05, 3.63) is 66.0 Å². The Labute approximate surface area is 146 Å². The van der Waals surface area contributed by atoms with Crippen molar-refractivity contribution in [3.8, 4) is 0 Å². The zero-order valence-corrected chi connectivity index (χ0v) is 15.8. The molecule has 0 aliphatic heterocycles. The van der Waals surface area contributed by atoms with Crippen LogP contribution in [0.3, 0.4) is 0 Å². The van der Waals surface area contributed by atoms with E-state index in [9.17, 15) is 0 Å². The van der Waals surface area contributed by atoms with Gasteiger partial charge in [-0.25, -0.2) is 0 Å². The summed E-state index contributed by atoms with van der Waals surface area (Å²) in [4.78, 5) is 4.13. The summed E-state index contributed by atoms with van der Waals surface area (Å²) in [6, 6.07) is 13.9. The molecule has 3 heteroatoms. The maximum atomic E-state index is 4.13. The second-order valence-electron chi connectivity index (χ2n) is 7.91. The second kappa shape index (κ2) is 6.38. The standard InChI is InChI=1S/C21H28N2Si/c1-24(2,22-17-10-4-3-5-11-17)21-16-20(23-14-8-9-15-23)18-12-6-7-13-19(18)21/h6-9,12-17,21-22H,3-5,10-11H2,1-2H3. The molecule has 0 spiro atoms. The van der Waals surface area contributed by atoms with Gasteiger partial charge >= 0.3 is 0 Å². The smallest absolute Gasteiger partial charge is 0.131 e. The molecule has 1 aromatic heterocycles. The van der Waals surface area contributed by atoms with Crippen LogP contribution in [0, 0.1) is 0 Å². The average Bonchev–Trinajstić information content (AvgIpc) is 3.23. The van der Waals surface area contributed by atoms with Gasteiger partial charge in [0.05, 0.1) is 0 Å². The number of rotatable bonds is 4. The van der Waals surface area contributed by atoms with E-state index in [-0.39, 0.29) is 0 Å². The molecule has 126 valence electrons. The molecular formula is C21H28N2Si. The summed E-state index contributed by atoms with van der Waals surface area (Å²) in [5.41, 5.74) is 4.82. The quantitative estimate of drug-likeness (QED) is 0.765. The third kappa shape index (κ3) is 2.91. The van der Waals surface area contributed by atoms with Gasteiger partial charge in [-0.05, 0) is 30.5 Å². The fourth-order valence-electron chi connectivity index (χ4n) is 4.52. The highest BCUT2D eigenvalue weighted by Crippen LogP contribution is 2.41. The van der Waals surface area contributed by atoms with Gasteiger partial charge in [-0.3, -0.25) is 0 Å². The molecule has 2 nitrogen and oxygen atoms in total. The van der Waals surface area contributed by atoms with Gasteiger partial charge in [0, 0.05) is 35.2 Å².